The molecule has 0 fully saturated rings. The van der Waals surface area contributed by atoms with Crippen LogP contribution in [0.25, 0.3) is 22.0 Å². The van der Waals surface area contributed by atoms with Crippen LogP contribution in [0.1, 0.15) is 0 Å². The number of nitrogens with zero attached hydrogens (tertiary/aromatic N) is 1. The van der Waals surface area contributed by atoms with Crippen molar-refractivity contribution < 1.29 is 21.6 Å². The molecule has 1 aromatic heterocycles. The second kappa shape index (κ2) is 7.17. The topological polar surface area (TPSA) is 47.0 Å². The summed E-state index contributed by atoms with van der Waals surface area (Å²) in [6, 6.07) is 12.5. The van der Waals surface area contributed by atoms with Gasteiger partial charge in [0, 0.05) is 22.7 Å². The summed E-state index contributed by atoms with van der Waals surface area (Å²) in [7, 11) is -4.28. The van der Waals surface area contributed by atoms with Gasteiger partial charge in [-0.05, 0) is 30.3 Å². The van der Waals surface area contributed by atoms with Crippen molar-refractivity contribution in [2.75, 3.05) is 0 Å². The van der Waals surface area contributed by atoms with Crippen LogP contribution in [0.5, 0.6) is 0 Å². The number of sulfone groups is 1. The Hall–Kier alpha value is -2.90. The number of pyridine rings is 1. The van der Waals surface area contributed by atoms with E-state index in [0.29, 0.717) is 0 Å². The van der Waals surface area contributed by atoms with Crippen LogP contribution in [0.3, 0.4) is 0 Å². The van der Waals surface area contributed by atoms with E-state index in [9.17, 15) is 21.6 Å². The lowest BCUT2D eigenvalue weighted by Crippen LogP contribution is -2.07. The van der Waals surface area contributed by atoms with E-state index in [4.69, 9.17) is 11.6 Å². The number of fused-ring (bicyclic) bond motifs is 1. The molecule has 0 unspecified atom stereocenters. The Labute approximate surface area is 169 Å². The van der Waals surface area contributed by atoms with E-state index in [-0.39, 0.29) is 36.8 Å². The molecule has 3 nitrogen and oxygen atoms in total. The summed E-state index contributed by atoms with van der Waals surface area (Å²) < 4.78 is 69.0. The van der Waals surface area contributed by atoms with Crippen LogP contribution in [0.15, 0.2) is 76.7 Å². The summed E-state index contributed by atoms with van der Waals surface area (Å²) in [5.41, 5.74) is -0.160. The normalized spacial score (nSPS) is 11.7. The van der Waals surface area contributed by atoms with Gasteiger partial charge in [0.15, 0.2) is 0 Å². The van der Waals surface area contributed by atoms with E-state index in [1.54, 1.807) is 0 Å². The van der Waals surface area contributed by atoms with Crippen LogP contribution >= 0.6 is 11.6 Å². The van der Waals surface area contributed by atoms with Gasteiger partial charge in [-0.1, -0.05) is 41.9 Å². The van der Waals surface area contributed by atoms with E-state index >= 15 is 0 Å². The molecule has 4 rings (SSSR count). The lowest BCUT2D eigenvalue weighted by Gasteiger charge is -2.15. The first-order chi connectivity index (χ1) is 13.8. The van der Waals surface area contributed by atoms with Crippen LogP contribution in [0, 0.1) is 17.5 Å². The predicted molar refractivity (Wildman–Crippen MR) is 104 cm³/mol. The molecular formula is C21H11ClF3NO2S. The molecule has 4 aromatic rings. The van der Waals surface area contributed by atoms with Gasteiger partial charge in [-0.15, -0.1) is 0 Å². The fourth-order valence-corrected chi connectivity index (χ4v) is 4.78. The Balaban J connectivity index is 2.11. The number of hydrogen-bond donors (Lipinski definition) is 0. The third-order valence-corrected chi connectivity index (χ3v) is 6.50. The molecule has 0 aliphatic rings. The minimum atomic E-state index is -4.28. The molecule has 0 amide bonds. The number of aromatic nitrogens is 1. The number of halogens is 4. The molecule has 0 N–H and O–H groups in total. The Morgan fingerprint density at radius 3 is 2.28 bits per heavy atom. The summed E-state index contributed by atoms with van der Waals surface area (Å²) in [6.45, 7) is 0. The monoisotopic (exact) mass is 433 g/mol. The Bertz CT molecular complexity index is 1370. The van der Waals surface area contributed by atoms with Crippen LogP contribution < -0.4 is 0 Å². The molecule has 3 aromatic carbocycles. The fraction of sp³-hybridized carbons (Fsp3) is 0. The first kappa shape index (κ1) is 19.4. The minimum Gasteiger partial charge on any atom is -0.252 e. The van der Waals surface area contributed by atoms with Gasteiger partial charge < -0.3 is 0 Å². The molecular weight excluding hydrogens is 423 g/mol. The fourth-order valence-electron chi connectivity index (χ4n) is 3.09. The lowest BCUT2D eigenvalue weighted by molar-refractivity contribution is 0.594. The SMILES string of the molecule is O=S(=O)(c1ccc(F)c(Cl)c1)c1cnc2c(F)cccc2c1-c1ccccc1F. The zero-order valence-electron chi connectivity index (χ0n) is 14.5. The average molecular weight is 434 g/mol. The number of hydrogen-bond acceptors (Lipinski definition) is 3. The highest BCUT2D eigenvalue weighted by Crippen LogP contribution is 2.38. The number of benzene rings is 3. The Morgan fingerprint density at radius 1 is 0.828 bits per heavy atom. The summed E-state index contributed by atoms with van der Waals surface area (Å²) in [5.74, 6) is -2.13. The summed E-state index contributed by atoms with van der Waals surface area (Å²) in [6.07, 6.45) is 0.972. The van der Waals surface area contributed by atoms with Crippen LogP contribution in [-0.4, -0.2) is 13.4 Å². The maximum Gasteiger partial charge on any atom is 0.208 e. The zero-order valence-corrected chi connectivity index (χ0v) is 16.1. The van der Waals surface area contributed by atoms with Gasteiger partial charge in [-0.25, -0.2) is 21.6 Å². The van der Waals surface area contributed by atoms with E-state index in [2.05, 4.69) is 4.98 Å². The quantitative estimate of drug-likeness (QED) is 0.383. The molecule has 29 heavy (non-hydrogen) atoms. The van der Waals surface area contributed by atoms with Crippen molar-refractivity contribution in [1.82, 2.24) is 4.98 Å². The van der Waals surface area contributed by atoms with Crippen molar-refractivity contribution in [2.45, 2.75) is 9.79 Å². The average Bonchev–Trinajstić information content (AvgIpc) is 2.70. The maximum atomic E-state index is 14.6. The van der Waals surface area contributed by atoms with E-state index in [1.807, 2.05) is 0 Å². The Kier molecular flexibility index (Phi) is 4.80. The smallest absolute Gasteiger partial charge is 0.208 e. The van der Waals surface area contributed by atoms with Gasteiger partial charge in [0.2, 0.25) is 9.84 Å². The molecule has 146 valence electrons. The second-order valence-corrected chi connectivity index (χ2v) is 8.52. The van der Waals surface area contributed by atoms with Crippen LogP contribution in [0.2, 0.25) is 5.02 Å². The molecule has 0 saturated heterocycles. The van der Waals surface area contributed by atoms with E-state index in [1.165, 1.54) is 42.5 Å². The summed E-state index contributed by atoms with van der Waals surface area (Å²) >= 11 is 5.74. The standard InChI is InChI=1S/C21H11ClF3NO2S/c22-15-10-12(8-9-17(15)24)29(27,28)19-11-26-21-14(5-3-7-18(21)25)20(19)13-4-1-2-6-16(13)23/h1-11H. The van der Waals surface area contributed by atoms with Gasteiger partial charge in [0.05, 0.1) is 14.8 Å². The maximum absolute atomic E-state index is 14.6. The first-order valence-electron chi connectivity index (χ1n) is 8.33. The van der Waals surface area contributed by atoms with Crippen molar-refractivity contribution in [1.29, 1.82) is 0 Å². The molecule has 0 atom stereocenters. The molecule has 0 aliphatic heterocycles. The Morgan fingerprint density at radius 2 is 1.55 bits per heavy atom. The number of para-hydroxylation sites is 1. The van der Waals surface area contributed by atoms with E-state index in [0.717, 1.165) is 24.4 Å². The van der Waals surface area contributed by atoms with Crippen LogP contribution in [0.4, 0.5) is 13.2 Å². The molecule has 0 bridgehead atoms. The highest BCUT2D eigenvalue weighted by molar-refractivity contribution is 7.91. The third-order valence-electron chi connectivity index (χ3n) is 4.45. The van der Waals surface area contributed by atoms with Crippen molar-refractivity contribution in [2.24, 2.45) is 0 Å². The molecule has 0 spiro atoms. The van der Waals surface area contributed by atoms with E-state index < -0.39 is 27.3 Å². The summed E-state index contributed by atoms with van der Waals surface area (Å²) in [4.78, 5) is 3.31. The summed E-state index contributed by atoms with van der Waals surface area (Å²) in [5, 5.41) is -0.248. The van der Waals surface area contributed by atoms with Crippen molar-refractivity contribution >= 4 is 32.3 Å². The zero-order chi connectivity index (χ0) is 20.8. The molecule has 0 aliphatic carbocycles. The predicted octanol–water partition coefficient (Wildman–Crippen LogP) is 5.81. The van der Waals surface area contributed by atoms with Crippen molar-refractivity contribution in [3.05, 3.63) is 89.3 Å². The molecule has 8 heteroatoms. The van der Waals surface area contributed by atoms with Gasteiger partial charge >= 0.3 is 0 Å². The largest absolute Gasteiger partial charge is 0.252 e. The first-order valence-corrected chi connectivity index (χ1v) is 10.2. The van der Waals surface area contributed by atoms with Crippen molar-refractivity contribution in [3.8, 4) is 11.1 Å². The van der Waals surface area contributed by atoms with Crippen LogP contribution in [-0.2, 0) is 9.84 Å². The number of rotatable bonds is 3. The highest BCUT2D eigenvalue weighted by atomic mass is 35.5. The molecule has 0 radical (unpaired) electrons. The lowest BCUT2D eigenvalue weighted by atomic mass is 10.0. The molecule has 1 heterocycles. The van der Waals surface area contributed by atoms with Gasteiger partial charge in [-0.2, -0.15) is 0 Å². The van der Waals surface area contributed by atoms with Gasteiger partial charge in [0.25, 0.3) is 0 Å². The van der Waals surface area contributed by atoms with Crippen molar-refractivity contribution in [3.63, 3.8) is 0 Å². The van der Waals surface area contributed by atoms with Gasteiger partial charge in [-0.3, -0.25) is 4.98 Å². The minimum absolute atomic E-state index is 0.0303. The second-order valence-electron chi connectivity index (χ2n) is 6.19. The third kappa shape index (κ3) is 3.26. The van der Waals surface area contributed by atoms with Gasteiger partial charge in [0.1, 0.15) is 23.0 Å². The molecule has 0 saturated carbocycles. The highest BCUT2D eigenvalue weighted by Gasteiger charge is 2.27.